The highest BCUT2D eigenvalue weighted by molar-refractivity contribution is 6.15. The first-order valence-corrected chi connectivity index (χ1v) is 10.4. The van der Waals surface area contributed by atoms with Crippen LogP contribution < -0.4 is 23.7 Å². The molecule has 0 saturated carbocycles. The summed E-state index contributed by atoms with van der Waals surface area (Å²) in [6.07, 6.45) is 3.14. The summed E-state index contributed by atoms with van der Waals surface area (Å²) in [6, 6.07) is 10.3. The molecule has 8 nitrogen and oxygen atoms in total. The van der Waals surface area contributed by atoms with Crippen molar-refractivity contribution in [3.63, 3.8) is 0 Å². The molecule has 0 spiro atoms. The van der Waals surface area contributed by atoms with Crippen LogP contribution in [-0.2, 0) is 4.79 Å². The molecular formula is C25H18O8. The summed E-state index contributed by atoms with van der Waals surface area (Å²) in [5.74, 6) is 1.87. The third-order valence-corrected chi connectivity index (χ3v) is 5.85. The number of carbonyl (C=O) groups is 2. The van der Waals surface area contributed by atoms with Gasteiger partial charge < -0.3 is 28.1 Å². The van der Waals surface area contributed by atoms with Crippen LogP contribution in [0.15, 0.2) is 52.8 Å². The summed E-state index contributed by atoms with van der Waals surface area (Å²) in [4.78, 5) is 25.5. The summed E-state index contributed by atoms with van der Waals surface area (Å²) in [5.41, 5.74) is 1.79. The SMILES string of the molecule is COc1cc([C@@H]2CC(=O)Oc3ccc4c(c32)O/C(=C\c2ccco2)C4=O)cc2c1OCCO2. The molecule has 0 N–H and O–H groups in total. The number of allylic oxidation sites excluding steroid dienone is 1. The molecule has 0 aliphatic carbocycles. The number of rotatable bonds is 3. The zero-order valence-electron chi connectivity index (χ0n) is 17.6. The number of ether oxygens (including phenoxy) is 5. The van der Waals surface area contributed by atoms with Crippen LogP contribution in [0.4, 0.5) is 0 Å². The lowest BCUT2D eigenvalue weighted by Gasteiger charge is -2.28. The molecular weight excluding hydrogens is 428 g/mol. The van der Waals surface area contributed by atoms with Crippen LogP contribution in [-0.4, -0.2) is 32.1 Å². The summed E-state index contributed by atoms with van der Waals surface area (Å²) in [7, 11) is 1.55. The average molecular weight is 446 g/mol. The van der Waals surface area contributed by atoms with Gasteiger partial charge in [-0.2, -0.15) is 0 Å². The lowest BCUT2D eigenvalue weighted by Crippen LogP contribution is -2.22. The van der Waals surface area contributed by atoms with Crippen LogP contribution in [0.3, 0.4) is 0 Å². The molecule has 3 aliphatic heterocycles. The number of fused-ring (bicyclic) bond motifs is 4. The van der Waals surface area contributed by atoms with Gasteiger partial charge in [-0.1, -0.05) is 0 Å². The Bertz CT molecular complexity index is 1300. The van der Waals surface area contributed by atoms with Crippen molar-refractivity contribution in [2.45, 2.75) is 12.3 Å². The van der Waals surface area contributed by atoms with Gasteiger partial charge in [-0.05, 0) is 42.0 Å². The van der Waals surface area contributed by atoms with E-state index in [0.29, 0.717) is 58.8 Å². The molecule has 0 amide bonds. The van der Waals surface area contributed by atoms with Crippen molar-refractivity contribution in [1.82, 2.24) is 0 Å². The molecule has 0 saturated heterocycles. The Morgan fingerprint density at radius 3 is 2.70 bits per heavy atom. The van der Waals surface area contributed by atoms with Crippen LogP contribution in [0.1, 0.15) is 39.6 Å². The van der Waals surface area contributed by atoms with E-state index in [1.54, 1.807) is 37.5 Å². The summed E-state index contributed by atoms with van der Waals surface area (Å²) >= 11 is 0. The summed E-state index contributed by atoms with van der Waals surface area (Å²) in [6.45, 7) is 0.840. The molecule has 166 valence electrons. The van der Waals surface area contributed by atoms with Gasteiger partial charge in [-0.3, -0.25) is 9.59 Å². The smallest absolute Gasteiger partial charge is 0.312 e. The third-order valence-electron chi connectivity index (χ3n) is 5.85. The Kier molecular flexibility index (Phi) is 4.39. The van der Waals surface area contributed by atoms with E-state index in [2.05, 4.69) is 0 Å². The fraction of sp³-hybridized carbons (Fsp3) is 0.200. The molecule has 1 atom stereocenters. The van der Waals surface area contributed by atoms with Crippen LogP contribution in [0.2, 0.25) is 0 Å². The first-order valence-electron chi connectivity index (χ1n) is 10.4. The van der Waals surface area contributed by atoms with Crippen LogP contribution in [0.5, 0.6) is 28.7 Å². The van der Waals surface area contributed by atoms with Crippen LogP contribution in [0.25, 0.3) is 6.08 Å². The van der Waals surface area contributed by atoms with E-state index in [4.69, 9.17) is 28.1 Å². The van der Waals surface area contributed by atoms with Gasteiger partial charge in [0.2, 0.25) is 11.5 Å². The lowest BCUT2D eigenvalue weighted by molar-refractivity contribution is -0.135. The highest BCUT2D eigenvalue weighted by Crippen LogP contribution is 2.51. The van der Waals surface area contributed by atoms with Crippen molar-refractivity contribution in [3.8, 4) is 28.7 Å². The molecule has 3 aromatic rings. The molecule has 0 fully saturated rings. The van der Waals surface area contributed by atoms with Crippen molar-refractivity contribution in [2.75, 3.05) is 20.3 Å². The largest absolute Gasteiger partial charge is 0.493 e. The van der Waals surface area contributed by atoms with Gasteiger partial charge in [0.25, 0.3) is 0 Å². The molecule has 8 heteroatoms. The second kappa shape index (κ2) is 7.44. The Morgan fingerprint density at radius 1 is 1.00 bits per heavy atom. The minimum Gasteiger partial charge on any atom is -0.493 e. The highest BCUT2D eigenvalue weighted by Gasteiger charge is 2.39. The monoisotopic (exact) mass is 446 g/mol. The van der Waals surface area contributed by atoms with Crippen LogP contribution in [0, 0.1) is 0 Å². The van der Waals surface area contributed by atoms with Crippen molar-refractivity contribution in [2.24, 2.45) is 0 Å². The Labute approximate surface area is 188 Å². The predicted octanol–water partition coefficient (Wildman–Crippen LogP) is 4.12. The number of carbonyl (C=O) groups excluding carboxylic acids is 2. The number of ketones is 1. The number of methoxy groups -OCH3 is 1. The van der Waals surface area contributed by atoms with Gasteiger partial charge in [0, 0.05) is 17.6 Å². The fourth-order valence-corrected chi connectivity index (χ4v) is 4.39. The van der Waals surface area contributed by atoms with Gasteiger partial charge in [0.15, 0.2) is 17.3 Å². The van der Waals surface area contributed by atoms with Gasteiger partial charge in [0.1, 0.15) is 30.5 Å². The number of hydrogen-bond donors (Lipinski definition) is 0. The normalized spacial score (nSPS) is 19.5. The molecule has 3 aliphatic rings. The Morgan fingerprint density at radius 2 is 1.88 bits per heavy atom. The molecule has 4 heterocycles. The third kappa shape index (κ3) is 3.14. The van der Waals surface area contributed by atoms with Crippen molar-refractivity contribution >= 4 is 17.8 Å². The zero-order chi connectivity index (χ0) is 22.5. The minimum atomic E-state index is -0.434. The predicted molar refractivity (Wildman–Crippen MR) is 114 cm³/mol. The quantitative estimate of drug-likeness (QED) is 0.337. The molecule has 0 unspecified atom stereocenters. The molecule has 1 aromatic heterocycles. The van der Waals surface area contributed by atoms with Crippen molar-refractivity contribution < 1.29 is 37.7 Å². The van der Waals surface area contributed by atoms with Crippen molar-refractivity contribution in [1.29, 1.82) is 0 Å². The van der Waals surface area contributed by atoms with Gasteiger partial charge in [0.05, 0.1) is 25.4 Å². The fourth-order valence-electron chi connectivity index (χ4n) is 4.39. The van der Waals surface area contributed by atoms with Crippen molar-refractivity contribution in [3.05, 3.63) is 70.9 Å². The molecule has 0 bridgehead atoms. The second-order valence-electron chi connectivity index (χ2n) is 7.79. The van der Waals surface area contributed by atoms with Gasteiger partial charge in [-0.25, -0.2) is 0 Å². The molecule has 0 radical (unpaired) electrons. The maximum absolute atomic E-state index is 13.0. The Balaban J connectivity index is 1.49. The highest BCUT2D eigenvalue weighted by atomic mass is 16.6. The summed E-state index contributed by atoms with van der Waals surface area (Å²) in [5, 5.41) is 0. The summed E-state index contributed by atoms with van der Waals surface area (Å²) < 4.78 is 33.8. The van der Waals surface area contributed by atoms with E-state index in [1.807, 2.05) is 12.1 Å². The molecule has 6 rings (SSSR count). The lowest BCUT2D eigenvalue weighted by atomic mass is 9.84. The molecule has 33 heavy (non-hydrogen) atoms. The number of furan rings is 1. The van der Waals surface area contributed by atoms with Gasteiger partial charge in [-0.15, -0.1) is 0 Å². The standard InChI is InChI=1S/C25H18O8/c1-28-19-9-13(10-20-25(19)31-8-7-30-20)16-12-21(26)32-17-5-4-15-23(27)18(33-24(15)22(16)17)11-14-3-2-6-29-14/h2-6,9-11,16H,7-8,12H2,1H3/b18-11-/t16-/m0/s1. The molecule has 2 aromatic carbocycles. The average Bonchev–Trinajstić information content (AvgIpc) is 3.45. The number of benzene rings is 2. The van der Waals surface area contributed by atoms with Gasteiger partial charge >= 0.3 is 5.97 Å². The number of esters is 1. The van der Waals surface area contributed by atoms with E-state index in [-0.39, 0.29) is 23.9 Å². The minimum absolute atomic E-state index is 0.0705. The Hall–Kier alpha value is -4.20. The first kappa shape index (κ1) is 19.5. The maximum atomic E-state index is 13.0. The topological polar surface area (TPSA) is 93.4 Å². The van der Waals surface area contributed by atoms with E-state index in [0.717, 1.165) is 5.56 Å². The van der Waals surface area contributed by atoms with E-state index in [9.17, 15) is 9.59 Å². The van der Waals surface area contributed by atoms with E-state index >= 15 is 0 Å². The van der Waals surface area contributed by atoms with E-state index in [1.165, 1.54) is 6.26 Å². The second-order valence-corrected chi connectivity index (χ2v) is 7.79. The maximum Gasteiger partial charge on any atom is 0.312 e. The zero-order valence-corrected chi connectivity index (χ0v) is 17.6. The van der Waals surface area contributed by atoms with E-state index < -0.39 is 5.92 Å². The number of hydrogen-bond acceptors (Lipinski definition) is 8. The van der Waals surface area contributed by atoms with Crippen LogP contribution >= 0.6 is 0 Å². The number of Topliss-reactive ketones (excluding diaryl/α,β-unsaturated/α-hetero) is 1. The first-order chi connectivity index (χ1) is 16.1.